The Hall–Kier alpha value is -2.72. The highest BCUT2D eigenvalue weighted by atomic mass is 32.2. The van der Waals surface area contributed by atoms with Crippen molar-refractivity contribution < 1.29 is 22.3 Å². The average Bonchev–Trinajstić information content (AvgIpc) is 3.26. The van der Waals surface area contributed by atoms with Gasteiger partial charge in [-0.25, -0.2) is 22.8 Å². The molecule has 0 saturated carbocycles. The summed E-state index contributed by atoms with van der Waals surface area (Å²) in [6.07, 6.45) is 2.80. The number of hydrogen-bond donors (Lipinski definition) is 1. The van der Waals surface area contributed by atoms with Gasteiger partial charge in [-0.1, -0.05) is 0 Å². The summed E-state index contributed by atoms with van der Waals surface area (Å²) < 4.78 is 49.7. The van der Waals surface area contributed by atoms with E-state index in [1.54, 1.807) is 32.2 Å². The predicted molar refractivity (Wildman–Crippen MR) is 128 cm³/mol. The van der Waals surface area contributed by atoms with Crippen molar-refractivity contribution in [2.75, 3.05) is 38.5 Å². The summed E-state index contributed by atoms with van der Waals surface area (Å²) in [7, 11) is -0.277. The standard InChI is InChI=1S/C23H31FN4O4S/c1-8-32-13-14(2)28(5)22-19(31-6)20(23(3,4)33(7,29)30)26-21(27-22)16-9-10-17(24)18-15(16)11-12-25-18/h9-12,14,25H,8,13H2,1-7H3/t14-/m1/s1. The molecule has 0 radical (unpaired) electrons. The van der Waals surface area contributed by atoms with Gasteiger partial charge < -0.3 is 19.4 Å². The van der Waals surface area contributed by atoms with Crippen molar-refractivity contribution in [3.05, 3.63) is 35.9 Å². The van der Waals surface area contributed by atoms with Crippen LogP contribution >= 0.6 is 0 Å². The number of H-pyrrole nitrogens is 1. The number of sulfone groups is 1. The molecule has 1 aromatic carbocycles. The Morgan fingerprint density at radius 2 is 1.94 bits per heavy atom. The summed E-state index contributed by atoms with van der Waals surface area (Å²) in [5, 5.41) is 0.597. The number of anilines is 1. The highest BCUT2D eigenvalue weighted by Gasteiger charge is 2.39. The molecule has 8 nitrogen and oxygen atoms in total. The van der Waals surface area contributed by atoms with E-state index in [2.05, 4.69) is 9.97 Å². The van der Waals surface area contributed by atoms with E-state index in [9.17, 15) is 12.8 Å². The second kappa shape index (κ2) is 9.26. The molecule has 0 bridgehead atoms. The molecule has 10 heteroatoms. The van der Waals surface area contributed by atoms with Gasteiger partial charge in [-0.3, -0.25) is 0 Å². The minimum atomic E-state index is -3.58. The molecule has 0 aliphatic heterocycles. The first-order valence-corrected chi connectivity index (χ1v) is 12.6. The van der Waals surface area contributed by atoms with Gasteiger partial charge in [0.25, 0.3) is 0 Å². The van der Waals surface area contributed by atoms with Gasteiger partial charge in [0.15, 0.2) is 27.2 Å². The molecule has 180 valence electrons. The molecule has 0 unspecified atom stereocenters. The van der Waals surface area contributed by atoms with Crippen LogP contribution in [-0.4, -0.2) is 63.0 Å². The maximum Gasteiger partial charge on any atom is 0.184 e. The van der Waals surface area contributed by atoms with E-state index in [4.69, 9.17) is 14.5 Å². The van der Waals surface area contributed by atoms with Crippen molar-refractivity contribution >= 4 is 26.6 Å². The maximum atomic E-state index is 14.3. The van der Waals surface area contributed by atoms with Crippen LogP contribution in [0.2, 0.25) is 0 Å². The minimum Gasteiger partial charge on any atom is -0.491 e. The summed E-state index contributed by atoms with van der Waals surface area (Å²) in [5.74, 6) is 0.575. The van der Waals surface area contributed by atoms with Gasteiger partial charge in [0.1, 0.15) is 16.3 Å². The molecule has 0 fully saturated rings. The Kier molecular flexibility index (Phi) is 6.99. The molecule has 33 heavy (non-hydrogen) atoms. The van der Waals surface area contributed by atoms with Crippen LogP contribution < -0.4 is 9.64 Å². The second-order valence-corrected chi connectivity index (χ2v) is 11.1. The van der Waals surface area contributed by atoms with Crippen LogP contribution in [0.3, 0.4) is 0 Å². The molecular formula is C23H31FN4O4S. The lowest BCUT2D eigenvalue weighted by Crippen LogP contribution is -2.36. The molecule has 0 aliphatic rings. The quantitative estimate of drug-likeness (QED) is 0.498. The van der Waals surface area contributed by atoms with Crippen LogP contribution in [0.1, 0.15) is 33.4 Å². The van der Waals surface area contributed by atoms with Crippen LogP contribution in [0.5, 0.6) is 5.75 Å². The SMILES string of the molecule is CCOC[C@@H](C)N(C)c1nc(-c2ccc(F)c3[nH]ccc23)nc(C(C)(C)S(C)(=O)=O)c1OC. The molecule has 0 saturated heterocycles. The monoisotopic (exact) mass is 478 g/mol. The third kappa shape index (κ3) is 4.54. The number of nitrogens with zero attached hydrogens (tertiary/aromatic N) is 3. The van der Waals surface area contributed by atoms with Gasteiger partial charge >= 0.3 is 0 Å². The molecule has 2 heterocycles. The van der Waals surface area contributed by atoms with Crippen LogP contribution in [-0.2, 0) is 19.3 Å². The third-order valence-electron chi connectivity index (χ3n) is 6.02. The van der Waals surface area contributed by atoms with Crippen molar-refractivity contribution in [1.29, 1.82) is 0 Å². The summed E-state index contributed by atoms with van der Waals surface area (Å²) in [6, 6.07) is 4.59. The van der Waals surface area contributed by atoms with Gasteiger partial charge in [-0.15, -0.1) is 0 Å². The van der Waals surface area contributed by atoms with Crippen LogP contribution in [0.25, 0.3) is 22.3 Å². The Morgan fingerprint density at radius 3 is 2.55 bits per heavy atom. The number of methoxy groups -OCH3 is 1. The fourth-order valence-electron chi connectivity index (χ4n) is 3.49. The number of aromatic amines is 1. The summed E-state index contributed by atoms with van der Waals surface area (Å²) in [6.45, 7) is 8.07. The van der Waals surface area contributed by atoms with Crippen molar-refractivity contribution in [3.63, 3.8) is 0 Å². The Bertz CT molecular complexity index is 1260. The van der Waals surface area contributed by atoms with Crippen LogP contribution in [0.15, 0.2) is 24.4 Å². The smallest absolute Gasteiger partial charge is 0.184 e. The largest absolute Gasteiger partial charge is 0.491 e. The molecule has 0 spiro atoms. The lowest BCUT2D eigenvalue weighted by atomic mass is 10.1. The zero-order valence-electron chi connectivity index (χ0n) is 20.1. The van der Waals surface area contributed by atoms with Gasteiger partial charge in [0, 0.05) is 37.1 Å². The van der Waals surface area contributed by atoms with Crippen LogP contribution in [0.4, 0.5) is 10.2 Å². The predicted octanol–water partition coefficient (Wildman–Crippen LogP) is 3.91. The number of benzene rings is 1. The van der Waals surface area contributed by atoms with Crippen molar-refractivity contribution in [3.8, 4) is 17.1 Å². The fourth-order valence-corrected chi connectivity index (χ4v) is 3.98. The second-order valence-electron chi connectivity index (χ2n) is 8.52. The minimum absolute atomic E-state index is 0.0868. The van der Waals surface area contributed by atoms with Crippen LogP contribution in [0, 0.1) is 5.82 Å². The molecule has 1 atom stereocenters. The van der Waals surface area contributed by atoms with E-state index in [0.29, 0.717) is 35.5 Å². The van der Waals surface area contributed by atoms with E-state index in [-0.39, 0.29) is 23.3 Å². The number of nitrogens with one attached hydrogen (secondary N) is 1. The van der Waals surface area contributed by atoms with E-state index in [1.165, 1.54) is 13.2 Å². The molecule has 3 rings (SSSR count). The number of fused-ring (bicyclic) bond motifs is 1. The van der Waals surface area contributed by atoms with E-state index >= 15 is 0 Å². The number of aromatic nitrogens is 3. The van der Waals surface area contributed by atoms with Crippen molar-refractivity contribution in [1.82, 2.24) is 15.0 Å². The van der Waals surface area contributed by atoms with Crippen molar-refractivity contribution in [2.45, 2.75) is 38.5 Å². The first-order chi connectivity index (χ1) is 15.4. The van der Waals surface area contributed by atoms with E-state index < -0.39 is 20.4 Å². The molecule has 1 N–H and O–H groups in total. The number of halogens is 1. The number of rotatable bonds is 9. The molecule has 0 aliphatic carbocycles. The van der Waals surface area contributed by atoms with Gasteiger partial charge in [-0.2, -0.15) is 0 Å². The Balaban J connectivity index is 2.34. The zero-order valence-corrected chi connectivity index (χ0v) is 20.9. The third-order valence-corrected chi connectivity index (χ3v) is 8.07. The maximum absolute atomic E-state index is 14.3. The normalized spacial score (nSPS) is 13.3. The fraction of sp³-hybridized carbons (Fsp3) is 0.478. The number of likely N-dealkylation sites (N-methyl/N-ethyl adjacent to an activating group) is 1. The van der Waals surface area contributed by atoms with E-state index in [0.717, 1.165) is 6.26 Å². The molecular weight excluding hydrogens is 447 g/mol. The van der Waals surface area contributed by atoms with Gasteiger partial charge in [0.05, 0.1) is 25.3 Å². The highest BCUT2D eigenvalue weighted by molar-refractivity contribution is 7.91. The molecule has 2 aromatic heterocycles. The Labute approximate surface area is 194 Å². The molecule has 0 amide bonds. The summed E-state index contributed by atoms with van der Waals surface area (Å²) in [4.78, 5) is 14.2. The summed E-state index contributed by atoms with van der Waals surface area (Å²) >= 11 is 0. The first kappa shape index (κ1) is 24.9. The lowest BCUT2D eigenvalue weighted by Gasteiger charge is -2.31. The number of ether oxygens (including phenoxy) is 2. The number of hydrogen-bond acceptors (Lipinski definition) is 7. The Morgan fingerprint density at radius 1 is 1.24 bits per heavy atom. The van der Waals surface area contributed by atoms with Gasteiger partial charge in [-0.05, 0) is 45.9 Å². The topological polar surface area (TPSA) is 97.4 Å². The van der Waals surface area contributed by atoms with Gasteiger partial charge in [0.2, 0.25) is 0 Å². The highest BCUT2D eigenvalue weighted by Crippen LogP contribution is 2.41. The zero-order chi connectivity index (χ0) is 24.6. The van der Waals surface area contributed by atoms with Crippen molar-refractivity contribution in [2.24, 2.45) is 0 Å². The average molecular weight is 479 g/mol. The lowest BCUT2D eigenvalue weighted by molar-refractivity contribution is 0.135. The van der Waals surface area contributed by atoms with E-state index in [1.807, 2.05) is 25.8 Å². The first-order valence-electron chi connectivity index (χ1n) is 10.7. The molecule has 3 aromatic rings. The summed E-state index contributed by atoms with van der Waals surface area (Å²) in [5.41, 5.74) is 1.14.